The van der Waals surface area contributed by atoms with E-state index in [1.165, 1.54) is 14.2 Å². The summed E-state index contributed by atoms with van der Waals surface area (Å²) in [6.07, 6.45) is 0.172. The van der Waals surface area contributed by atoms with Crippen LogP contribution in [0.1, 0.15) is 29.3 Å². The number of methoxy groups -OCH3 is 2. The predicted molar refractivity (Wildman–Crippen MR) is 67.8 cm³/mol. The van der Waals surface area contributed by atoms with Gasteiger partial charge in [0.05, 0.1) is 26.2 Å². The Balaban J connectivity index is 2.49. The zero-order chi connectivity index (χ0) is 14.0. The second-order valence-corrected chi connectivity index (χ2v) is 4.47. The van der Waals surface area contributed by atoms with Gasteiger partial charge in [-0.05, 0) is 18.6 Å². The summed E-state index contributed by atoms with van der Waals surface area (Å²) in [7, 11) is 2.84. The number of hydrogen-bond donors (Lipinski definition) is 0. The quantitative estimate of drug-likeness (QED) is 0.778. The number of fused-ring (bicyclic) bond motifs is 1. The summed E-state index contributed by atoms with van der Waals surface area (Å²) in [6, 6.07) is 3.34. The van der Waals surface area contributed by atoms with E-state index in [1.54, 1.807) is 12.1 Å². The van der Waals surface area contributed by atoms with Crippen LogP contribution in [0.15, 0.2) is 12.1 Å². The van der Waals surface area contributed by atoms with Gasteiger partial charge in [0.2, 0.25) is 0 Å². The molecule has 5 heteroatoms. The normalized spacial score (nSPS) is 17.4. The van der Waals surface area contributed by atoms with Crippen LogP contribution in [-0.2, 0) is 16.0 Å². The van der Waals surface area contributed by atoms with Gasteiger partial charge in [-0.1, -0.05) is 0 Å². The van der Waals surface area contributed by atoms with E-state index in [4.69, 9.17) is 9.47 Å². The van der Waals surface area contributed by atoms with E-state index in [2.05, 4.69) is 4.74 Å². The molecule has 0 spiro atoms. The van der Waals surface area contributed by atoms with Crippen molar-refractivity contribution in [3.8, 4) is 11.5 Å². The van der Waals surface area contributed by atoms with Crippen molar-refractivity contribution in [3.63, 3.8) is 0 Å². The number of ketones is 1. The van der Waals surface area contributed by atoms with Crippen molar-refractivity contribution in [2.45, 2.75) is 25.9 Å². The molecular weight excluding hydrogens is 248 g/mol. The molecule has 1 atom stereocenters. The van der Waals surface area contributed by atoms with Crippen molar-refractivity contribution in [3.05, 3.63) is 23.3 Å². The smallest absolute Gasteiger partial charge is 0.310 e. The third-order valence-electron chi connectivity index (χ3n) is 3.04. The molecule has 19 heavy (non-hydrogen) atoms. The Labute approximate surface area is 111 Å². The minimum absolute atomic E-state index is 0.0182. The molecule has 0 aromatic heterocycles. The maximum Gasteiger partial charge on any atom is 0.310 e. The number of esters is 1. The third-order valence-corrected chi connectivity index (χ3v) is 3.04. The van der Waals surface area contributed by atoms with Crippen molar-refractivity contribution >= 4 is 11.8 Å². The van der Waals surface area contributed by atoms with Crippen molar-refractivity contribution in [2.24, 2.45) is 0 Å². The molecule has 1 heterocycles. The van der Waals surface area contributed by atoms with E-state index in [0.29, 0.717) is 29.0 Å². The highest BCUT2D eigenvalue weighted by Crippen LogP contribution is 2.34. The van der Waals surface area contributed by atoms with E-state index >= 15 is 0 Å². The molecule has 1 unspecified atom stereocenters. The Morgan fingerprint density at radius 2 is 2.16 bits per heavy atom. The van der Waals surface area contributed by atoms with Crippen LogP contribution in [0.2, 0.25) is 0 Å². The zero-order valence-corrected chi connectivity index (χ0v) is 11.2. The molecule has 1 aromatic carbocycles. The molecule has 102 valence electrons. The number of ether oxygens (including phenoxy) is 3. The van der Waals surface area contributed by atoms with Gasteiger partial charge >= 0.3 is 5.97 Å². The van der Waals surface area contributed by atoms with Crippen molar-refractivity contribution in [2.75, 3.05) is 14.2 Å². The first kappa shape index (κ1) is 13.4. The summed E-state index contributed by atoms with van der Waals surface area (Å²) in [4.78, 5) is 23.5. The van der Waals surface area contributed by atoms with Crippen LogP contribution in [0.4, 0.5) is 0 Å². The Hall–Kier alpha value is -2.04. The summed E-state index contributed by atoms with van der Waals surface area (Å²) < 4.78 is 15.5. The second-order valence-electron chi connectivity index (χ2n) is 4.47. The molecule has 5 nitrogen and oxygen atoms in total. The lowest BCUT2D eigenvalue weighted by molar-refractivity contribution is -0.139. The first-order valence-electron chi connectivity index (χ1n) is 6.02. The van der Waals surface area contributed by atoms with Crippen LogP contribution in [-0.4, -0.2) is 32.1 Å². The molecule has 2 rings (SSSR count). The fraction of sp³-hybridized carbons (Fsp3) is 0.429. The van der Waals surface area contributed by atoms with Crippen LogP contribution in [0, 0.1) is 0 Å². The highest BCUT2D eigenvalue weighted by molar-refractivity contribution is 6.02. The average Bonchev–Trinajstić information content (AvgIpc) is 2.37. The minimum Gasteiger partial charge on any atom is -0.497 e. The molecule has 0 saturated carbocycles. The third kappa shape index (κ3) is 2.70. The maximum absolute atomic E-state index is 12.1. The van der Waals surface area contributed by atoms with Gasteiger partial charge in [-0.3, -0.25) is 9.59 Å². The summed E-state index contributed by atoms with van der Waals surface area (Å²) in [5.74, 6) is 0.610. The zero-order valence-electron chi connectivity index (χ0n) is 11.2. The van der Waals surface area contributed by atoms with Crippen LogP contribution in [0.25, 0.3) is 0 Å². The van der Waals surface area contributed by atoms with E-state index in [1.807, 2.05) is 6.92 Å². The van der Waals surface area contributed by atoms with Crippen molar-refractivity contribution < 1.29 is 23.8 Å². The number of carbonyl (C=O) groups excluding carboxylic acids is 2. The molecule has 0 amide bonds. The Morgan fingerprint density at radius 3 is 2.79 bits per heavy atom. The Kier molecular flexibility index (Phi) is 3.74. The van der Waals surface area contributed by atoms with Gasteiger partial charge in [-0.15, -0.1) is 0 Å². The second kappa shape index (κ2) is 5.30. The van der Waals surface area contributed by atoms with Crippen LogP contribution in [0.5, 0.6) is 11.5 Å². The fourth-order valence-corrected chi connectivity index (χ4v) is 2.16. The lowest BCUT2D eigenvalue weighted by Gasteiger charge is -2.24. The SMILES string of the molecule is COC(=O)Cc1cc(OC)cc2c1C(=O)CC(C)O2. The minimum atomic E-state index is -0.401. The van der Waals surface area contributed by atoms with Gasteiger partial charge in [0, 0.05) is 12.5 Å². The predicted octanol–water partition coefficient (Wildman–Crippen LogP) is 1.76. The van der Waals surface area contributed by atoms with E-state index < -0.39 is 5.97 Å². The Bertz CT molecular complexity index is 521. The molecule has 0 bridgehead atoms. The number of hydrogen-bond acceptors (Lipinski definition) is 5. The molecule has 0 N–H and O–H groups in total. The summed E-state index contributed by atoms with van der Waals surface area (Å²) in [6.45, 7) is 1.83. The van der Waals surface area contributed by atoms with E-state index in [0.717, 1.165) is 0 Å². The molecule has 0 saturated heterocycles. The largest absolute Gasteiger partial charge is 0.497 e. The highest BCUT2D eigenvalue weighted by Gasteiger charge is 2.28. The number of Topliss-reactive ketones (excluding diaryl/α,β-unsaturated/α-hetero) is 1. The molecule has 1 aliphatic rings. The fourth-order valence-electron chi connectivity index (χ4n) is 2.16. The molecule has 1 aromatic rings. The van der Waals surface area contributed by atoms with Gasteiger partial charge in [0.1, 0.15) is 17.6 Å². The first-order valence-corrected chi connectivity index (χ1v) is 6.02. The topological polar surface area (TPSA) is 61.8 Å². The number of rotatable bonds is 3. The monoisotopic (exact) mass is 264 g/mol. The van der Waals surface area contributed by atoms with Gasteiger partial charge < -0.3 is 14.2 Å². The standard InChI is InChI=1S/C14H16O5/c1-8-4-11(15)14-9(6-13(16)18-3)5-10(17-2)7-12(14)19-8/h5,7-8H,4,6H2,1-3H3. The van der Waals surface area contributed by atoms with E-state index in [9.17, 15) is 9.59 Å². The lowest BCUT2D eigenvalue weighted by atomic mass is 9.94. The molecule has 0 aliphatic carbocycles. The van der Waals surface area contributed by atoms with Crippen LogP contribution < -0.4 is 9.47 Å². The molecule has 0 radical (unpaired) electrons. The lowest BCUT2D eigenvalue weighted by Crippen LogP contribution is -2.25. The number of carbonyl (C=O) groups is 2. The molecule has 1 aliphatic heterocycles. The molecule has 0 fully saturated rings. The van der Waals surface area contributed by atoms with Gasteiger partial charge in [0.15, 0.2) is 5.78 Å². The van der Waals surface area contributed by atoms with Crippen LogP contribution in [0.3, 0.4) is 0 Å². The molecular formula is C14H16O5. The highest BCUT2D eigenvalue weighted by atomic mass is 16.5. The summed E-state index contributed by atoms with van der Waals surface area (Å²) in [5, 5.41) is 0. The van der Waals surface area contributed by atoms with Crippen molar-refractivity contribution in [1.82, 2.24) is 0 Å². The summed E-state index contributed by atoms with van der Waals surface area (Å²) >= 11 is 0. The number of benzene rings is 1. The first-order chi connectivity index (χ1) is 9.05. The van der Waals surface area contributed by atoms with Gasteiger partial charge in [0.25, 0.3) is 0 Å². The van der Waals surface area contributed by atoms with Gasteiger partial charge in [-0.25, -0.2) is 0 Å². The maximum atomic E-state index is 12.1. The van der Waals surface area contributed by atoms with Crippen molar-refractivity contribution in [1.29, 1.82) is 0 Å². The van der Waals surface area contributed by atoms with Gasteiger partial charge in [-0.2, -0.15) is 0 Å². The Morgan fingerprint density at radius 1 is 1.42 bits per heavy atom. The summed E-state index contributed by atoms with van der Waals surface area (Å²) in [5.41, 5.74) is 1.04. The van der Waals surface area contributed by atoms with E-state index in [-0.39, 0.29) is 18.3 Å². The average molecular weight is 264 g/mol. The van der Waals surface area contributed by atoms with Crippen LogP contribution >= 0.6 is 0 Å².